The molecule has 0 aromatic carbocycles. The molecule has 5 rings (SSSR count). The first-order valence-electron chi connectivity index (χ1n) is 12.9. The molecular formula is C24H35F3N6O2S2. The van der Waals surface area contributed by atoms with Gasteiger partial charge in [0, 0.05) is 49.6 Å². The van der Waals surface area contributed by atoms with Crippen LogP contribution in [0.4, 0.5) is 24.9 Å². The monoisotopic (exact) mass is 560 g/mol. The topological polar surface area (TPSA) is 90.5 Å². The summed E-state index contributed by atoms with van der Waals surface area (Å²) in [4.78, 5) is 14.7. The fourth-order valence-corrected chi connectivity index (χ4v) is 8.25. The Balaban J connectivity index is 1.23. The van der Waals surface area contributed by atoms with Gasteiger partial charge in [0.15, 0.2) is 0 Å². The van der Waals surface area contributed by atoms with E-state index in [2.05, 4.69) is 29.8 Å². The fourth-order valence-electron chi connectivity index (χ4n) is 6.36. The number of thiophene rings is 1. The van der Waals surface area contributed by atoms with Gasteiger partial charge in [-0.2, -0.15) is 18.2 Å². The number of aromatic nitrogens is 2. The second-order valence-electron chi connectivity index (χ2n) is 11.1. The SMILES string of the molecule is CNc1nc(N2CCC3(CCN(CC4CCC(NS(C)(=O)=O)CC4)C3)C2)c2cc(CC(F)(F)F)sc2n1. The number of nitrogens with zero attached hydrogens (tertiary/aromatic N) is 4. The highest BCUT2D eigenvalue weighted by atomic mass is 32.2. The lowest BCUT2D eigenvalue weighted by Gasteiger charge is -2.32. The summed E-state index contributed by atoms with van der Waals surface area (Å²) in [5.74, 6) is 1.74. The zero-order valence-corrected chi connectivity index (χ0v) is 22.9. The first-order chi connectivity index (χ1) is 17.4. The number of sulfonamides is 1. The van der Waals surface area contributed by atoms with Crippen LogP contribution in [0.5, 0.6) is 0 Å². The maximum absolute atomic E-state index is 13.0. The molecule has 2 aromatic rings. The second-order valence-corrected chi connectivity index (χ2v) is 14.0. The molecule has 0 bridgehead atoms. The molecule has 1 spiro atoms. The van der Waals surface area contributed by atoms with Crippen LogP contribution < -0.4 is 14.9 Å². The smallest absolute Gasteiger partial charge is 0.357 e. The minimum Gasteiger partial charge on any atom is -0.357 e. The largest absolute Gasteiger partial charge is 0.393 e. The van der Waals surface area contributed by atoms with Crippen molar-refractivity contribution in [1.29, 1.82) is 0 Å². The van der Waals surface area contributed by atoms with Crippen LogP contribution in [0.2, 0.25) is 0 Å². The highest BCUT2D eigenvalue weighted by Crippen LogP contribution is 2.44. The van der Waals surface area contributed by atoms with Gasteiger partial charge in [0.1, 0.15) is 10.6 Å². The van der Waals surface area contributed by atoms with Crippen LogP contribution in [0.1, 0.15) is 43.4 Å². The number of nitrogens with one attached hydrogen (secondary N) is 2. The molecule has 3 fully saturated rings. The van der Waals surface area contributed by atoms with Crippen molar-refractivity contribution in [2.45, 2.75) is 57.2 Å². The van der Waals surface area contributed by atoms with Crippen molar-refractivity contribution in [3.63, 3.8) is 0 Å². The molecule has 1 saturated carbocycles. The minimum atomic E-state index is -4.26. The van der Waals surface area contributed by atoms with E-state index in [4.69, 9.17) is 0 Å². The van der Waals surface area contributed by atoms with Gasteiger partial charge >= 0.3 is 6.18 Å². The van der Waals surface area contributed by atoms with E-state index in [-0.39, 0.29) is 16.3 Å². The molecule has 2 N–H and O–H groups in total. The van der Waals surface area contributed by atoms with Crippen LogP contribution in [0.25, 0.3) is 10.2 Å². The van der Waals surface area contributed by atoms with E-state index in [9.17, 15) is 21.6 Å². The van der Waals surface area contributed by atoms with Gasteiger partial charge in [-0.1, -0.05) is 0 Å². The van der Waals surface area contributed by atoms with Crippen molar-refractivity contribution >= 4 is 43.3 Å². The molecule has 13 heteroatoms. The third-order valence-electron chi connectivity index (χ3n) is 8.02. The van der Waals surface area contributed by atoms with Crippen LogP contribution >= 0.6 is 11.3 Å². The minimum absolute atomic E-state index is 0.0560. The lowest BCUT2D eigenvalue weighted by atomic mass is 9.85. The Kier molecular flexibility index (Phi) is 7.36. The number of fused-ring (bicyclic) bond motifs is 1. The third kappa shape index (κ3) is 6.48. The summed E-state index contributed by atoms with van der Waals surface area (Å²) in [6, 6.07) is 1.67. The van der Waals surface area contributed by atoms with Crippen LogP contribution in [0, 0.1) is 11.3 Å². The standard InChI is InChI=1S/C24H35F3N6O2S2/c1-28-22-29-20(19-11-18(12-24(25,26)27)36-21(19)30-22)33-10-8-23(15-33)7-9-32(14-23)13-16-3-5-17(6-4-16)31-37(2,34)35/h11,16-17,31H,3-10,12-15H2,1-2H3,(H,28,29,30). The van der Waals surface area contributed by atoms with Gasteiger partial charge < -0.3 is 15.1 Å². The van der Waals surface area contributed by atoms with E-state index >= 15 is 0 Å². The Morgan fingerprint density at radius 1 is 1.14 bits per heavy atom. The normalized spacial score (nSPS) is 27.5. The number of anilines is 2. The van der Waals surface area contributed by atoms with Gasteiger partial charge in [-0.05, 0) is 57.1 Å². The van der Waals surface area contributed by atoms with Gasteiger partial charge in [-0.3, -0.25) is 0 Å². The van der Waals surface area contributed by atoms with Crippen LogP contribution in [-0.2, 0) is 16.4 Å². The Bertz CT molecular complexity index is 1230. The van der Waals surface area contributed by atoms with E-state index in [1.54, 1.807) is 13.1 Å². The predicted molar refractivity (Wildman–Crippen MR) is 141 cm³/mol. The maximum atomic E-state index is 13.0. The van der Waals surface area contributed by atoms with Gasteiger partial charge in [-0.15, -0.1) is 11.3 Å². The van der Waals surface area contributed by atoms with Gasteiger partial charge in [0.25, 0.3) is 0 Å². The number of likely N-dealkylation sites (tertiary alicyclic amines) is 1. The van der Waals surface area contributed by atoms with Crippen molar-refractivity contribution in [3.8, 4) is 0 Å². The van der Waals surface area contributed by atoms with E-state index in [1.165, 1.54) is 6.26 Å². The van der Waals surface area contributed by atoms with Crippen LogP contribution in [0.15, 0.2) is 6.07 Å². The van der Waals surface area contributed by atoms with E-state index in [0.717, 1.165) is 88.4 Å². The number of alkyl halides is 3. The second kappa shape index (κ2) is 10.1. The lowest BCUT2D eigenvalue weighted by Crippen LogP contribution is -2.39. The number of halogens is 3. The lowest BCUT2D eigenvalue weighted by molar-refractivity contribution is -0.126. The third-order valence-corrected chi connectivity index (χ3v) is 9.81. The molecular weight excluding hydrogens is 525 g/mol. The first kappa shape index (κ1) is 26.9. The van der Waals surface area contributed by atoms with Crippen LogP contribution in [-0.4, -0.2) is 81.5 Å². The van der Waals surface area contributed by atoms with E-state index < -0.39 is 22.6 Å². The summed E-state index contributed by atoms with van der Waals surface area (Å²) in [7, 11) is -1.44. The summed E-state index contributed by atoms with van der Waals surface area (Å²) in [5.41, 5.74) is 0.164. The number of hydrogen-bond donors (Lipinski definition) is 2. The molecule has 1 atom stereocenters. The van der Waals surface area contributed by atoms with Crippen molar-refractivity contribution in [3.05, 3.63) is 10.9 Å². The maximum Gasteiger partial charge on any atom is 0.393 e. The van der Waals surface area contributed by atoms with Crippen LogP contribution in [0.3, 0.4) is 0 Å². The molecule has 206 valence electrons. The molecule has 2 saturated heterocycles. The number of hydrogen-bond acceptors (Lipinski definition) is 8. The van der Waals surface area contributed by atoms with Crippen molar-refractivity contribution in [2.24, 2.45) is 11.3 Å². The molecule has 0 amide bonds. The van der Waals surface area contributed by atoms with Crippen molar-refractivity contribution in [1.82, 2.24) is 19.6 Å². The summed E-state index contributed by atoms with van der Waals surface area (Å²) in [6.07, 6.45) is 2.00. The summed E-state index contributed by atoms with van der Waals surface area (Å²) in [6.45, 7) is 4.77. The fraction of sp³-hybridized carbons (Fsp3) is 0.750. The Morgan fingerprint density at radius 2 is 1.86 bits per heavy atom. The highest BCUT2D eigenvalue weighted by Gasteiger charge is 2.44. The summed E-state index contributed by atoms with van der Waals surface area (Å²) < 4.78 is 64.8. The van der Waals surface area contributed by atoms with Crippen molar-refractivity contribution in [2.75, 3.05) is 56.2 Å². The average molecular weight is 561 g/mol. The zero-order chi connectivity index (χ0) is 26.4. The number of rotatable bonds is 7. The van der Waals surface area contributed by atoms with Gasteiger partial charge in [-0.25, -0.2) is 18.1 Å². The summed E-state index contributed by atoms with van der Waals surface area (Å²) >= 11 is 1.09. The molecule has 1 unspecified atom stereocenters. The van der Waals surface area contributed by atoms with Gasteiger partial charge in [0.05, 0.1) is 18.1 Å². The molecule has 37 heavy (non-hydrogen) atoms. The molecule has 4 heterocycles. The van der Waals surface area contributed by atoms with E-state index in [0.29, 0.717) is 22.1 Å². The van der Waals surface area contributed by atoms with Crippen molar-refractivity contribution < 1.29 is 21.6 Å². The zero-order valence-electron chi connectivity index (χ0n) is 21.3. The quantitative estimate of drug-likeness (QED) is 0.532. The molecule has 3 aliphatic rings. The Labute approximate surface area is 220 Å². The molecule has 2 aromatic heterocycles. The average Bonchev–Trinajstić information content (AvgIpc) is 3.51. The molecule has 8 nitrogen and oxygen atoms in total. The predicted octanol–water partition coefficient (Wildman–Crippen LogP) is 3.85. The Hall–Kier alpha value is -1.70. The van der Waals surface area contributed by atoms with E-state index in [1.807, 2.05) is 0 Å². The first-order valence-corrected chi connectivity index (χ1v) is 15.6. The molecule has 2 aliphatic heterocycles. The van der Waals surface area contributed by atoms with Gasteiger partial charge in [0.2, 0.25) is 16.0 Å². The Morgan fingerprint density at radius 3 is 2.54 bits per heavy atom. The highest BCUT2D eigenvalue weighted by molar-refractivity contribution is 7.88. The summed E-state index contributed by atoms with van der Waals surface area (Å²) in [5, 5.41) is 3.66. The molecule has 1 aliphatic carbocycles. The molecule has 0 radical (unpaired) electrons.